The summed E-state index contributed by atoms with van der Waals surface area (Å²) in [5, 5.41) is 71.1. The van der Waals surface area contributed by atoms with Gasteiger partial charge in [0.1, 0.15) is 12.1 Å². The summed E-state index contributed by atoms with van der Waals surface area (Å²) in [6.45, 7) is -0.224. The lowest BCUT2D eigenvalue weighted by Gasteiger charge is -2.34. The number of aliphatic hydroxyl groups is 5. The van der Waals surface area contributed by atoms with E-state index in [9.17, 15) is 59.1 Å². The molecule has 9 atom stereocenters. The molecule has 0 aliphatic carbocycles. The molecule has 9 unspecified atom stereocenters. The van der Waals surface area contributed by atoms with Gasteiger partial charge in [-0.15, -0.1) is 0 Å². The molecule has 2 aliphatic heterocycles. The minimum Gasteiger partial charge on any atom is -0.391 e. The molecule has 0 radical (unpaired) electrons. The van der Waals surface area contributed by atoms with Crippen LogP contribution in [0, 0.1) is 5.92 Å². The molecule has 2 saturated heterocycles. The summed E-state index contributed by atoms with van der Waals surface area (Å²) in [5.74, 6) is -7.22. The number of carbonyl (C=O) groups is 7. The van der Waals surface area contributed by atoms with Crippen LogP contribution in [0.5, 0.6) is 0 Å². The van der Waals surface area contributed by atoms with Crippen molar-refractivity contribution in [2.75, 3.05) is 26.7 Å². The average molecular weight is 901 g/mol. The van der Waals surface area contributed by atoms with Crippen molar-refractivity contribution in [1.82, 2.24) is 41.8 Å². The molecule has 3 heterocycles. The first kappa shape index (κ1) is 49.3. The summed E-state index contributed by atoms with van der Waals surface area (Å²) in [4.78, 5) is 96.6. The highest BCUT2D eigenvalue weighted by atomic mass is 16.3. The molecule has 0 spiro atoms. The summed E-state index contributed by atoms with van der Waals surface area (Å²) in [7, 11) is 1.23. The number of β-amino-alcohol motifs (C(OH)–C–C–N with tert-alkyl or cyclic N) is 1. The molecule has 5 rings (SSSR count). The number of likely N-dealkylation sites (N-methyl/N-ethyl adjacent to an activating group) is 1. The van der Waals surface area contributed by atoms with Crippen molar-refractivity contribution < 1.29 is 59.1 Å². The van der Waals surface area contributed by atoms with Crippen LogP contribution in [0.2, 0.25) is 0 Å². The van der Waals surface area contributed by atoms with Crippen LogP contribution in [-0.4, -0.2) is 152 Å². The molecular formula is C45H56N8O12. The Morgan fingerprint density at radius 1 is 0.800 bits per heavy atom. The number of amides is 7. The Balaban J connectivity index is 1.35. The standard InChI is InChI=1S/C45H56N8O12/c1-26(12-6-3-4-7-13-27-14-8-5-9-15-27)40(60)41(61)39-42(62)44(64)50-33-20-35(56)52-45(33,65)21-38(59)53(2)25-37(58)49-32(18-28-22-46-31-17-11-10-16-30(28)31)43(63)48-24-36(57)47-23-29(54)19-34(55)51-39/h3-17,22,26,29,32-33,39-42,46,54,60-62,65H,18-21,23-25H2,1-2H3,(H,47,57)(H,48,63)(H,49,58)(H,50,64)(H,51,55)(H,52,56). The second kappa shape index (κ2) is 22.8. The molecule has 0 bridgehead atoms. The van der Waals surface area contributed by atoms with Crippen molar-refractivity contribution >= 4 is 58.3 Å². The second-order valence-electron chi connectivity index (χ2n) is 16.1. The van der Waals surface area contributed by atoms with E-state index in [0.717, 1.165) is 21.4 Å². The van der Waals surface area contributed by atoms with Gasteiger partial charge in [-0.3, -0.25) is 33.6 Å². The topological polar surface area (TPSA) is 312 Å². The van der Waals surface area contributed by atoms with Gasteiger partial charge in [0, 0.05) is 43.0 Å². The van der Waals surface area contributed by atoms with Gasteiger partial charge in [0.15, 0.2) is 11.8 Å². The van der Waals surface area contributed by atoms with Crippen LogP contribution in [0.15, 0.2) is 91.2 Å². The van der Waals surface area contributed by atoms with E-state index in [1.165, 1.54) is 20.0 Å². The first-order chi connectivity index (χ1) is 30.9. The number of nitrogens with one attached hydrogen (secondary N) is 7. The predicted octanol–water partition coefficient (Wildman–Crippen LogP) is -2.24. The highest BCUT2D eigenvalue weighted by Crippen LogP contribution is 2.24. The molecule has 12 N–H and O–H groups in total. The van der Waals surface area contributed by atoms with Gasteiger partial charge in [-0.25, -0.2) is 0 Å². The lowest BCUT2D eigenvalue weighted by molar-refractivity contribution is -0.145. The highest BCUT2D eigenvalue weighted by molar-refractivity contribution is 5.94. The average Bonchev–Trinajstić information content (AvgIpc) is 3.81. The fourth-order valence-electron chi connectivity index (χ4n) is 7.33. The highest BCUT2D eigenvalue weighted by Gasteiger charge is 2.49. The zero-order valence-electron chi connectivity index (χ0n) is 35.8. The lowest BCUT2D eigenvalue weighted by Crippen LogP contribution is -2.63. The summed E-state index contributed by atoms with van der Waals surface area (Å²) >= 11 is 0. The van der Waals surface area contributed by atoms with Crippen LogP contribution in [0.4, 0.5) is 0 Å². The molecule has 1 aromatic heterocycles. The molecule has 2 fully saturated rings. The van der Waals surface area contributed by atoms with Gasteiger partial charge in [-0.05, 0) is 17.2 Å². The third-order valence-corrected chi connectivity index (χ3v) is 11.0. The molecule has 20 heteroatoms. The molecule has 0 saturated carbocycles. The smallest absolute Gasteiger partial charge is 0.251 e. The maximum atomic E-state index is 13.6. The van der Waals surface area contributed by atoms with Crippen molar-refractivity contribution in [2.24, 2.45) is 5.92 Å². The summed E-state index contributed by atoms with van der Waals surface area (Å²) in [5.41, 5.74) is -0.0654. The minimum atomic E-state index is -2.45. The molecule has 65 heavy (non-hydrogen) atoms. The summed E-state index contributed by atoms with van der Waals surface area (Å²) in [6, 6.07) is 12.0. The normalized spacial score (nSPS) is 26.5. The maximum absolute atomic E-state index is 13.6. The third kappa shape index (κ3) is 13.9. The number of carbonyl (C=O) groups excluding carboxylic acids is 7. The first-order valence-corrected chi connectivity index (χ1v) is 21.0. The van der Waals surface area contributed by atoms with Gasteiger partial charge < -0.3 is 67.3 Å². The number of allylic oxidation sites excluding steroid dienone is 4. The Morgan fingerprint density at radius 2 is 1.51 bits per heavy atom. The number of hydrogen-bond acceptors (Lipinski definition) is 12. The number of nitrogens with zero attached hydrogens (tertiary/aromatic N) is 1. The number of aliphatic hydroxyl groups excluding tert-OH is 4. The Labute approximate surface area is 374 Å². The third-order valence-electron chi connectivity index (χ3n) is 11.0. The fourth-order valence-corrected chi connectivity index (χ4v) is 7.33. The van der Waals surface area contributed by atoms with Crippen molar-refractivity contribution in [3.05, 3.63) is 102 Å². The molecule has 2 aromatic carbocycles. The Morgan fingerprint density at radius 3 is 2.26 bits per heavy atom. The zero-order chi connectivity index (χ0) is 47.3. The number of rotatable bonds is 9. The van der Waals surface area contributed by atoms with Crippen LogP contribution in [0.1, 0.15) is 37.3 Å². The molecule has 20 nitrogen and oxygen atoms in total. The van der Waals surface area contributed by atoms with Gasteiger partial charge in [-0.1, -0.05) is 91.9 Å². The molecule has 7 amide bonds. The number of para-hydroxylation sites is 1. The van der Waals surface area contributed by atoms with Crippen LogP contribution >= 0.6 is 0 Å². The number of benzene rings is 2. The van der Waals surface area contributed by atoms with E-state index in [1.54, 1.807) is 36.6 Å². The number of fused-ring (bicyclic) bond motifs is 2. The lowest BCUT2D eigenvalue weighted by atomic mass is 9.91. The Bertz CT molecular complexity index is 2280. The minimum absolute atomic E-state index is 0.0409. The van der Waals surface area contributed by atoms with E-state index < -0.39 is 134 Å². The molecule has 3 aromatic rings. The SMILES string of the molecule is CC(C=CC=CC=Cc1ccccc1)C(O)C(O)C1NC(=O)CC(O)CNC(=O)CNC(=O)C(Cc2c[nH]c3ccccc23)NC(=O)CN(C)C(=O)CC2(O)NC(=O)CC2NC(=O)C1O. The van der Waals surface area contributed by atoms with Crippen molar-refractivity contribution in [1.29, 1.82) is 0 Å². The predicted molar refractivity (Wildman–Crippen MR) is 235 cm³/mol. The molecule has 2 aliphatic rings. The van der Waals surface area contributed by atoms with Crippen LogP contribution < -0.4 is 31.9 Å². The molecular weight excluding hydrogens is 845 g/mol. The van der Waals surface area contributed by atoms with Crippen LogP contribution in [0.25, 0.3) is 17.0 Å². The summed E-state index contributed by atoms with van der Waals surface area (Å²) < 4.78 is 0. The maximum Gasteiger partial charge on any atom is 0.251 e. The van der Waals surface area contributed by atoms with Gasteiger partial charge in [0.2, 0.25) is 35.4 Å². The van der Waals surface area contributed by atoms with E-state index in [-0.39, 0.29) is 6.42 Å². The first-order valence-electron chi connectivity index (χ1n) is 21.0. The fraction of sp³-hybridized carbons (Fsp3) is 0.400. The monoisotopic (exact) mass is 900 g/mol. The van der Waals surface area contributed by atoms with Crippen molar-refractivity contribution in [3.8, 4) is 0 Å². The summed E-state index contributed by atoms with van der Waals surface area (Å²) in [6.07, 6.45) is 1.91. The Hall–Kier alpha value is -6.71. The van der Waals surface area contributed by atoms with Crippen LogP contribution in [-0.2, 0) is 40.0 Å². The van der Waals surface area contributed by atoms with Gasteiger partial charge >= 0.3 is 0 Å². The van der Waals surface area contributed by atoms with Crippen LogP contribution in [0.3, 0.4) is 0 Å². The number of aromatic amines is 1. The van der Waals surface area contributed by atoms with E-state index in [0.29, 0.717) is 5.56 Å². The zero-order valence-corrected chi connectivity index (χ0v) is 35.8. The Kier molecular flexibility index (Phi) is 17.3. The van der Waals surface area contributed by atoms with E-state index in [2.05, 4.69) is 36.9 Å². The van der Waals surface area contributed by atoms with Gasteiger partial charge in [0.05, 0.1) is 56.6 Å². The van der Waals surface area contributed by atoms with Crippen molar-refractivity contribution in [2.45, 2.75) is 80.9 Å². The largest absolute Gasteiger partial charge is 0.391 e. The van der Waals surface area contributed by atoms with Crippen molar-refractivity contribution in [3.63, 3.8) is 0 Å². The quantitative estimate of drug-likeness (QED) is 0.102. The second-order valence-corrected chi connectivity index (χ2v) is 16.1. The number of hydrogen-bond donors (Lipinski definition) is 12. The number of aromatic nitrogens is 1. The van der Waals surface area contributed by atoms with E-state index >= 15 is 0 Å². The molecule has 348 valence electrons. The van der Waals surface area contributed by atoms with E-state index in [1.807, 2.05) is 54.6 Å². The van der Waals surface area contributed by atoms with Gasteiger partial charge in [0.25, 0.3) is 5.91 Å². The van der Waals surface area contributed by atoms with Gasteiger partial charge in [-0.2, -0.15) is 0 Å². The van der Waals surface area contributed by atoms with E-state index in [4.69, 9.17) is 0 Å². The number of H-pyrrole nitrogens is 1.